The van der Waals surface area contributed by atoms with Crippen molar-refractivity contribution in [2.75, 3.05) is 23.9 Å². The lowest BCUT2D eigenvalue weighted by Gasteiger charge is -2.24. The molecule has 4 heterocycles. The largest absolute Gasteiger partial charge is 0.347 e. The Hall–Kier alpha value is -3.46. The van der Waals surface area contributed by atoms with E-state index < -0.39 is 18.4 Å². The second-order valence-electron chi connectivity index (χ2n) is 10.1. The molecule has 0 bridgehead atoms. The van der Waals surface area contributed by atoms with Gasteiger partial charge in [0.1, 0.15) is 18.1 Å². The second-order valence-corrected chi connectivity index (χ2v) is 10.1. The highest BCUT2D eigenvalue weighted by molar-refractivity contribution is 5.89. The molecule has 0 amide bonds. The molecule has 1 atom stereocenters. The molecule has 7 rings (SSSR count). The van der Waals surface area contributed by atoms with Gasteiger partial charge in [-0.3, -0.25) is 9.18 Å². The number of fused-ring (bicyclic) bond motifs is 2. The van der Waals surface area contributed by atoms with Crippen molar-refractivity contribution >= 4 is 17.7 Å². The van der Waals surface area contributed by atoms with Crippen LogP contribution in [0.3, 0.4) is 0 Å². The monoisotopic (exact) mass is 473 g/mol. The topological polar surface area (TPSA) is 88.3 Å². The van der Waals surface area contributed by atoms with Crippen molar-refractivity contribution in [1.29, 1.82) is 0 Å². The zero-order valence-electron chi connectivity index (χ0n) is 19.4. The average molecular weight is 474 g/mol. The van der Waals surface area contributed by atoms with Crippen molar-refractivity contribution in [3.05, 3.63) is 69.1 Å². The van der Waals surface area contributed by atoms with E-state index in [-0.39, 0.29) is 11.6 Å². The number of anilines is 2. The predicted molar refractivity (Wildman–Crippen MR) is 133 cm³/mol. The number of benzene rings is 1. The SMILES string of the molecule is O=c1c2c(n(-c3cccc(C4(CF)CC4)n3)n1C1CC1)NC(Nc1ccc3c(c1)CCNC3)N=C2. The average Bonchev–Trinajstić information content (AvgIpc) is 3.82. The van der Waals surface area contributed by atoms with E-state index in [1.165, 1.54) is 11.1 Å². The number of halogens is 1. The summed E-state index contributed by atoms with van der Waals surface area (Å²) in [5.74, 6) is 1.31. The number of aromatic nitrogens is 3. The van der Waals surface area contributed by atoms with Crippen LogP contribution < -0.4 is 21.5 Å². The van der Waals surface area contributed by atoms with Gasteiger partial charge in [0.15, 0.2) is 12.1 Å². The highest BCUT2D eigenvalue weighted by Gasteiger charge is 2.46. The number of alkyl halides is 1. The van der Waals surface area contributed by atoms with Gasteiger partial charge in [0.2, 0.25) is 0 Å². The minimum absolute atomic E-state index is 0.0719. The zero-order valence-corrected chi connectivity index (χ0v) is 19.4. The molecule has 1 unspecified atom stereocenters. The molecule has 0 radical (unpaired) electrons. The van der Waals surface area contributed by atoms with Gasteiger partial charge in [-0.25, -0.2) is 19.3 Å². The smallest absolute Gasteiger partial charge is 0.278 e. The minimum atomic E-state index is -0.463. The molecule has 9 heteroatoms. The third kappa shape index (κ3) is 3.48. The minimum Gasteiger partial charge on any atom is -0.347 e. The van der Waals surface area contributed by atoms with Crippen molar-refractivity contribution < 1.29 is 4.39 Å². The normalized spacial score (nSPS) is 21.7. The maximum atomic E-state index is 13.8. The number of nitrogens with zero attached hydrogens (tertiary/aromatic N) is 4. The zero-order chi connectivity index (χ0) is 23.6. The van der Waals surface area contributed by atoms with Crippen LogP contribution in [0.1, 0.15) is 54.1 Å². The van der Waals surface area contributed by atoms with Gasteiger partial charge in [0.25, 0.3) is 5.56 Å². The molecule has 2 saturated carbocycles. The Kier molecular flexibility index (Phi) is 4.64. The van der Waals surface area contributed by atoms with Crippen LogP contribution in [0.5, 0.6) is 0 Å². The molecular weight excluding hydrogens is 445 g/mol. The Morgan fingerprint density at radius 3 is 2.86 bits per heavy atom. The standard InChI is InChI=1S/C26H28FN7O/c27-15-26(9-10-26)21-2-1-3-22(31-21)34-23-20(24(35)33(34)19-6-7-19)14-29-25(32-23)30-18-5-4-17-13-28-11-8-16(17)12-18/h1-5,12,14,19,25,28,30,32H,6-11,13,15H2. The highest BCUT2D eigenvalue weighted by atomic mass is 19.1. The Morgan fingerprint density at radius 1 is 1.17 bits per heavy atom. The number of nitrogens with one attached hydrogen (secondary N) is 3. The highest BCUT2D eigenvalue weighted by Crippen LogP contribution is 2.48. The molecule has 4 aliphatic rings. The first-order valence-electron chi connectivity index (χ1n) is 12.5. The molecule has 2 aromatic heterocycles. The van der Waals surface area contributed by atoms with Crippen LogP contribution in [-0.2, 0) is 18.4 Å². The van der Waals surface area contributed by atoms with Gasteiger partial charge in [-0.1, -0.05) is 12.1 Å². The van der Waals surface area contributed by atoms with Gasteiger partial charge in [-0.2, -0.15) is 0 Å². The van der Waals surface area contributed by atoms with Gasteiger partial charge in [0, 0.05) is 23.9 Å². The molecular formula is C26H28FN7O. The molecule has 1 aromatic carbocycles. The van der Waals surface area contributed by atoms with Crippen LogP contribution in [0, 0.1) is 0 Å². The number of aliphatic imine (C=N–C) groups is 1. The first-order chi connectivity index (χ1) is 17.1. The van der Waals surface area contributed by atoms with Crippen LogP contribution in [-0.4, -0.2) is 40.1 Å². The van der Waals surface area contributed by atoms with E-state index in [4.69, 9.17) is 4.98 Å². The quantitative estimate of drug-likeness (QED) is 0.512. The molecule has 2 aliphatic heterocycles. The van der Waals surface area contributed by atoms with Gasteiger partial charge in [-0.15, -0.1) is 0 Å². The van der Waals surface area contributed by atoms with Crippen molar-refractivity contribution in [1.82, 2.24) is 19.7 Å². The Morgan fingerprint density at radius 2 is 2.06 bits per heavy atom. The molecule has 8 nitrogen and oxygen atoms in total. The maximum Gasteiger partial charge on any atom is 0.278 e. The molecule has 3 N–H and O–H groups in total. The lowest BCUT2D eigenvalue weighted by molar-refractivity contribution is 0.411. The van der Waals surface area contributed by atoms with Gasteiger partial charge >= 0.3 is 0 Å². The van der Waals surface area contributed by atoms with Crippen LogP contribution in [0.4, 0.5) is 15.9 Å². The number of pyridine rings is 1. The fourth-order valence-corrected chi connectivity index (χ4v) is 5.23. The first-order valence-corrected chi connectivity index (χ1v) is 12.5. The van der Waals surface area contributed by atoms with E-state index >= 15 is 0 Å². The van der Waals surface area contributed by atoms with E-state index in [0.717, 1.165) is 56.6 Å². The molecule has 0 saturated heterocycles. The molecule has 2 fully saturated rings. The van der Waals surface area contributed by atoms with E-state index in [0.29, 0.717) is 17.2 Å². The first kappa shape index (κ1) is 20.9. The second kappa shape index (κ2) is 7.78. The Bertz CT molecular complexity index is 1400. The van der Waals surface area contributed by atoms with Crippen molar-refractivity contribution in [3.63, 3.8) is 0 Å². The fourth-order valence-electron chi connectivity index (χ4n) is 5.23. The summed E-state index contributed by atoms with van der Waals surface area (Å²) in [6.45, 7) is 1.47. The van der Waals surface area contributed by atoms with Crippen LogP contribution in [0.2, 0.25) is 0 Å². The van der Waals surface area contributed by atoms with E-state index in [9.17, 15) is 9.18 Å². The molecule has 35 heavy (non-hydrogen) atoms. The summed E-state index contributed by atoms with van der Waals surface area (Å²) in [6, 6.07) is 12.2. The van der Waals surface area contributed by atoms with Crippen molar-refractivity contribution in [3.8, 4) is 5.82 Å². The van der Waals surface area contributed by atoms with E-state index in [1.54, 1.807) is 10.9 Å². The van der Waals surface area contributed by atoms with Crippen molar-refractivity contribution in [2.45, 2.75) is 56.4 Å². The number of hydrogen-bond donors (Lipinski definition) is 3. The number of hydrogen-bond acceptors (Lipinski definition) is 6. The summed E-state index contributed by atoms with van der Waals surface area (Å²) in [4.78, 5) is 22.8. The summed E-state index contributed by atoms with van der Waals surface area (Å²) in [5, 5.41) is 10.3. The maximum absolute atomic E-state index is 13.8. The van der Waals surface area contributed by atoms with Crippen molar-refractivity contribution in [2.24, 2.45) is 4.99 Å². The fraction of sp³-hybridized carbons (Fsp3) is 0.423. The summed E-state index contributed by atoms with van der Waals surface area (Å²) < 4.78 is 17.4. The molecule has 3 aromatic rings. The van der Waals surface area contributed by atoms with Crippen LogP contribution >= 0.6 is 0 Å². The summed E-state index contributed by atoms with van der Waals surface area (Å²) in [6.07, 6.45) is 5.78. The lowest BCUT2D eigenvalue weighted by atomic mass is 10.0. The third-order valence-electron chi connectivity index (χ3n) is 7.64. The summed E-state index contributed by atoms with van der Waals surface area (Å²) in [5.41, 5.74) is 4.41. The van der Waals surface area contributed by atoms with E-state index in [2.05, 4.69) is 39.1 Å². The Balaban J connectivity index is 1.25. The van der Waals surface area contributed by atoms with E-state index in [1.807, 2.05) is 22.9 Å². The van der Waals surface area contributed by atoms with Crippen LogP contribution in [0.25, 0.3) is 5.82 Å². The third-order valence-corrected chi connectivity index (χ3v) is 7.64. The number of rotatable bonds is 6. The van der Waals surface area contributed by atoms with Gasteiger partial charge in [-0.05, 0) is 74.0 Å². The molecule has 2 aliphatic carbocycles. The lowest BCUT2D eigenvalue weighted by Crippen LogP contribution is -2.32. The summed E-state index contributed by atoms with van der Waals surface area (Å²) >= 11 is 0. The molecule has 180 valence electrons. The van der Waals surface area contributed by atoms with Crippen LogP contribution in [0.15, 0.2) is 46.2 Å². The van der Waals surface area contributed by atoms with Gasteiger partial charge in [0.05, 0.1) is 11.7 Å². The molecule has 0 spiro atoms. The van der Waals surface area contributed by atoms with Gasteiger partial charge < -0.3 is 16.0 Å². The predicted octanol–water partition coefficient (Wildman–Crippen LogP) is 3.26. The Labute approximate surface area is 202 Å². The summed E-state index contributed by atoms with van der Waals surface area (Å²) in [7, 11) is 0.